The molecule has 0 aromatic rings. The Kier molecular flexibility index (Phi) is 2.35. The van der Waals surface area contributed by atoms with Crippen molar-refractivity contribution in [1.82, 2.24) is 4.90 Å². The number of hydrogen-bond acceptors (Lipinski definition) is 1. The summed E-state index contributed by atoms with van der Waals surface area (Å²) in [4.78, 5) is 2.52. The van der Waals surface area contributed by atoms with Gasteiger partial charge in [0.1, 0.15) is 0 Å². The van der Waals surface area contributed by atoms with Gasteiger partial charge >= 0.3 is 0 Å². The zero-order chi connectivity index (χ0) is 7.72. The summed E-state index contributed by atoms with van der Waals surface area (Å²) in [5.41, 5.74) is 0. The lowest BCUT2D eigenvalue weighted by Gasteiger charge is -2.26. The largest absolute Gasteiger partial charge is 0.300 e. The van der Waals surface area contributed by atoms with Crippen LogP contribution in [0.25, 0.3) is 0 Å². The maximum Gasteiger partial charge on any atom is 0.0119 e. The van der Waals surface area contributed by atoms with Crippen molar-refractivity contribution in [2.45, 2.75) is 45.7 Å². The van der Waals surface area contributed by atoms with Crippen LogP contribution in [0.5, 0.6) is 0 Å². The molecule has 0 aliphatic carbocycles. The van der Waals surface area contributed by atoms with E-state index in [0.29, 0.717) is 0 Å². The third kappa shape index (κ3) is 1.34. The standard InChI is InChI=1S/C9H19N/c1-7(2)9-6-5-8(3)10(9)4/h7-9H,5-6H2,1-4H3/t8?,9-/m0/s1. The van der Waals surface area contributed by atoms with Crippen molar-refractivity contribution < 1.29 is 0 Å². The van der Waals surface area contributed by atoms with E-state index in [-0.39, 0.29) is 0 Å². The van der Waals surface area contributed by atoms with Crippen molar-refractivity contribution in [3.05, 3.63) is 0 Å². The summed E-state index contributed by atoms with van der Waals surface area (Å²) < 4.78 is 0. The highest BCUT2D eigenvalue weighted by Crippen LogP contribution is 2.26. The third-order valence-corrected chi connectivity index (χ3v) is 2.87. The number of hydrogen-bond donors (Lipinski definition) is 0. The van der Waals surface area contributed by atoms with E-state index in [0.717, 1.165) is 18.0 Å². The first-order chi connectivity index (χ1) is 4.63. The monoisotopic (exact) mass is 141 g/mol. The number of likely N-dealkylation sites (tertiary alicyclic amines) is 1. The van der Waals surface area contributed by atoms with Gasteiger partial charge < -0.3 is 4.90 Å². The molecule has 10 heavy (non-hydrogen) atoms. The van der Waals surface area contributed by atoms with Crippen molar-refractivity contribution in [2.24, 2.45) is 5.92 Å². The van der Waals surface area contributed by atoms with E-state index in [1.807, 2.05) is 0 Å². The molecule has 1 saturated heterocycles. The molecule has 0 spiro atoms. The van der Waals surface area contributed by atoms with E-state index in [2.05, 4.69) is 32.7 Å². The van der Waals surface area contributed by atoms with Crippen molar-refractivity contribution in [1.29, 1.82) is 0 Å². The molecule has 0 N–H and O–H groups in total. The van der Waals surface area contributed by atoms with Crippen LogP contribution in [0.15, 0.2) is 0 Å². The molecule has 0 bridgehead atoms. The summed E-state index contributed by atoms with van der Waals surface area (Å²) in [5, 5.41) is 0. The fourth-order valence-electron chi connectivity index (χ4n) is 1.95. The van der Waals surface area contributed by atoms with E-state index >= 15 is 0 Å². The summed E-state index contributed by atoms with van der Waals surface area (Å²) in [7, 11) is 2.25. The van der Waals surface area contributed by atoms with Gasteiger partial charge in [0.15, 0.2) is 0 Å². The van der Waals surface area contributed by atoms with E-state index in [9.17, 15) is 0 Å². The normalized spacial score (nSPS) is 35.7. The van der Waals surface area contributed by atoms with Crippen molar-refractivity contribution >= 4 is 0 Å². The van der Waals surface area contributed by atoms with Crippen LogP contribution in [-0.4, -0.2) is 24.0 Å². The maximum absolute atomic E-state index is 2.52. The maximum atomic E-state index is 2.52. The summed E-state index contributed by atoms with van der Waals surface area (Å²) >= 11 is 0. The van der Waals surface area contributed by atoms with Gasteiger partial charge in [-0.2, -0.15) is 0 Å². The molecule has 1 aliphatic heterocycles. The summed E-state index contributed by atoms with van der Waals surface area (Å²) in [6.45, 7) is 6.96. The van der Waals surface area contributed by atoms with Crippen LogP contribution in [0.3, 0.4) is 0 Å². The number of rotatable bonds is 1. The predicted octanol–water partition coefficient (Wildman–Crippen LogP) is 2.13. The molecule has 2 atom stereocenters. The SMILES string of the molecule is CC(C)[C@@H]1CCC(C)N1C. The lowest BCUT2D eigenvalue weighted by Crippen LogP contribution is -2.33. The Bertz CT molecular complexity index is 109. The average Bonchev–Trinajstić information content (AvgIpc) is 2.14. The van der Waals surface area contributed by atoms with E-state index in [1.54, 1.807) is 0 Å². The predicted molar refractivity (Wildman–Crippen MR) is 45.1 cm³/mol. The first-order valence-electron chi connectivity index (χ1n) is 4.35. The van der Waals surface area contributed by atoms with Gasteiger partial charge in [-0.1, -0.05) is 13.8 Å². The molecule has 0 saturated carbocycles. The molecule has 0 aromatic carbocycles. The molecule has 0 radical (unpaired) electrons. The van der Waals surface area contributed by atoms with Crippen LogP contribution in [0.2, 0.25) is 0 Å². The molecule has 0 aromatic heterocycles. The van der Waals surface area contributed by atoms with Crippen molar-refractivity contribution in [3.63, 3.8) is 0 Å². The highest BCUT2D eigenvalue weighted by molar-refractivity contribution is 4.84. The molecule has 1 heteroatoms. The number of nitrogens with zero attached hydrogens (tertiary/aromatic N) is 1. The van der Waals surface area contributed by atoms with Crippen molar-refractivity contribution in [3.8, 4) is 0 Å². The van der Waals surface area contributed by atoms with Gasteiger partial charge in [0.05, 0.1) is 0 Å². The van der Waals surface area contributed by atoms with E-state index in [1.165, 1.54) is 12.8 Å². The second-order valence-electron chi connectivity index (χ2n) is 3.90. The Labute approximate surface area is 64.4 Å². The van der Waals surface area contributed by atoms with Gasteiger partial charge in [0, 0.05) is 12.1 Å². The zero-order valence-corrected chi connectivity index (χ0v) is 7.59. The van der Waals surface area contributed by atoms with Gasteiger partial charge in [-0.3, -0.25) is 0 Å². The van der Waals surface area contributed by atoms with Crippen molar-refractivity contribution in [2.75, 3.05) is 7.05 Å². The van der Waals surface area contributed by atoms with Gasteiger partial charge in [0.25, 0.3) is 0 Å². The lowest BCUT2D eigenvalue weighted by atomic mass is 10.0. The van der Waals surface area contributed by atoms with Crippen LogP contribution in [0.4, 0.5) is 0 Å². The van der Waals surface area contributed by atoms with E-state index < -0.39 is 0 Å². The van der Waals surface area contributed by atoms with Gasteiger partial charge in [-0.05, 0) is 32.7 Å². The molecule has 1 fully saturated rings. The van der Waals surface area contributed by atoms with Crippen LogP contribution >= 0.6 is 0 Å². The first-order valence-corrected chi connectivity index (χ1v) is 4.35. The van der Waals surface area contributed by atoms with Gasteiger partial charge in [-0.15, -0.1) is 0 Å². The quantitative estimate of drug-likeness (QED) is 0.540. The van der Waals surface area contributed by atoms with Crippen LogP contribution < -0.4 is 0 Å². The fourth-order valence-corrected chi connectivity index (χ4v) is 1.95. The van der Waals surface area contributed by atoms with Gasteiger partial charge in [0.2, 0.25) is 0 Å². The molecule has 1 nitrogen and oxygen atoms in total. The Morgan fingerprint density at radius 1 is 1.30 bits per heavy atom. The molecule has 1 heterocycles. The second kappa shape index (κ2) is 2.91. The molecule has 60 valence electrons. The van der Waals surface area contributed by atoms with Crippen LogP contribution in [0, 0.1) is 5.92 Å². The van der Waals surface area contributed by atoms with Gasteiger partial charge in [-0.25, -0.2) is 0 Å². The molecule has 0 amide bonds. The molecule has 1 rings (SSSR count). The minimum Gasteiger partial charge on any atom is -0.300 e. The Hall–Kier alpha value is -0.0400. The minimum absolute atomic E-state index is 0.812. The highest BCUT2D eigenvalue weighted by Gasteiger charge is 2.28. The molecular weight excluding hydrogens is 122 g/mol. The smallest absolute Gasteiger partial charge is 0.0119 e. The summed E-state index contributed by atoms with van der Waals surface area (Å²) in [6.07, 6.45) is 2.79. The first kappa shape index (κ1) is 8.06. The summed E-state index contributed by atoms with van der Waals surface area (Å²) in [6, 6.07) is 1.65. The molecule has 1 unspecified atom stereocenters. The van der Waals surface area contributed by atoms with Crippen LogP contribution in [-0.2, 0) is 0 Å². The second-order valence-corrected chi connectivity index (χ2v) is 3.90. The fraction of sp³-hybridized carbons (Fsp3) is 1.00. The molecule has 1 aliphatic rings. The zero-order valence-electron chi connectivity index (χ0n) is 7.59. The van der Waals surface area contributed by atoms with E-state index in [4.69, 9.17) is 0 Å². The van der Waals surface area contributed by atoms with Crippen LogP contribution in [0.1, 0.15) is 33.6 Å². The Balaban J connectivity index is 2.49. The summed E-state index contributed by atoms with van der Waals surface area (Å²) in [5.74, 6) is 0.829. The topological polar surface area (TPSA) is 3.24 Å². The lowest BCUT2D eigenvalue weighted by molar-refractivity contribution is 0.208. The highest BCUT2D eigenvalue weighted by atomic mass is 15.2. The third-order valence-electron chi connectivity index (χ3n) is 2.87. The Morgan fingerprint density at radius 3 is 2.10 bits per heavy atom. The average molecular weight is 141 g/mol. The Morgan fingerprint density at radius 2 is 1.90 bits per heavy atom. The molecular formula is C9H19N. The minimum atomic E-state index is 0.812.